The fraction of sp³-hybridized carbons (Fsp3) is 0.500. The van der Waals surface area contributed by atoms with Gasteiger partial charge in [-0.2, -0.15) is 13.2 Å². The third kappa shape index (κ3) is 2.40. The van der Waals surface area contributed by atoms with Gasteiger partial charge in [-0.1, -0.05) is 18.2 Å². The standard InChI is InChI=1S/C14H15F3N2O/c15-14(16,17)10-4-2-1-3-9(10)13-18-11-6-5-8(20)7-12(11)19-13/h1-4,8,11-12,20H,5-7H2,(H,18,19). The minimum absolute atomic E-state index is 0.0327. The van der Waals surface area contributed by atoms with Crippen LogP contribution in [0.4, 0.5) is 13.2 Å². The van der Waals surface area contributed by atoms with Crippen molar-refractivity contribution in [3.63, 3.8) is 0 Å². The summed E-state index contributed by atoms with van der Waals surface area (Å²) in [7, 11) is 0. The van der Waals surface area contributed by atoms with Gasteiger partial charge in [0.2, 0.25) is 0 Å². The van der Waals surface area contributed by atoms with Gasteiger partial charge < -0.3 is 10.4 Å². The molecule has 20 heavy (non-hydrogen) atoms. The van der Waals surface area contributed by atoms with Crippen molar-refractivity contribution in [1.82, 2.24) is 5.32 Å². The highest BCUT2D eigenvalue weighted by Crippen LogP contribution is 2.34. The van der Waals surface area contributed by atoms with E-state index in [1.807, 2.05) is 0 Å². The summed E-state index contributed by atoms with van der Waals surface area (Å²) in [5, 5.41) is 12.7. The molecule has 0 bridgehead atoms. The van der Waals surface area contributed by atoms with Crippen LogP contribution in [-0.4, -0.2) is 29.1 Å². The summed E-state index contributed by atoms with van der Waals surface area (Å²) in [6.45, 7) is 0. The predicted octanol–water partition coefficient (Wildman–Crippen LogP) is 2.34. The van der Waals surface area contributed by atoms with Crippen molar-refractivity contribution < 1.29 is 18.3 Å². The maximum Gasteiger partial charge on any atom is 0.417 e. The number of nitrogens with zero attached hydrogens (tertiary/aromatic N) is 1. The van der Waals surface area contributed by atoms with E-state index in [-0.39, 0.29) is 17.6 Å². The van der Waals surface area contributed by atoms with E-state index < -0.39 is 17.8 Å². The summed E-state index contributed by atoms with van der Waals surface area (Å²) in [4.78, 5) is 4.38. The van der Waals surface area contributed by atoms with Gasteiger partial charge in [0.25, 0.3) is 0 Å². The number of amidine groups is 1. The number of aliphatic hydroxyl groups is 1. The zero-order valence-electron chi connectivity index (χ0n) is 10.7. The Labute approximate surface area is 114 Å². The molecular formula is C14H15F3N2O. The van der Waals surface area contributed by atoms with Crippen molar-refractivity contribution in [2.45, 2.75) is 43.6 Å². The highest BCUT2D eigenvalue weighted by molar-refractivity contribution is 6.01. The molecule has 2 N–H and O–H groups in total. The molecule has 1 fully saturated rings. The van der Waals surface area contributed by atoms with E-state index >= 15 is 0 Å². The lowest BCUT2D eigenvalue weighted by molar-refractivity contribution is -0.137. The second-order valence-corrected chi connectivity index (χ2v) is 5.31. The lowest BCUT2D eigenvalue weighted by atomic mass is 9.90. The van der Waals surface area contributed by atoms with Crippen molar-refractivity contribution in [1.29, 1.82) is 0 Å². The Balaban J connectivity index is 1.92. The van der Waals surface area contributed by atoms with Crippen LogP contribution in [0.3, 0.4) is 0 Å². The minimum Gasteiger partial charge on any atom is -0.393 e. The van der Waals surface area contributed by atoms with Gasteiger partial charge in [0.15, 0.2) is 0 Å². The smallest absolute Gasteiger partial charge is 0.393 e. The van der Waals surface area contributed by atoms with E-state index in [0.29, 0.717) is 25.1 Å². The summed E-state index contributed by atoms with van der Waals surface area (Å²) in [6.07, 6.45) is -2.90. The van der Waals surface area contributed by atoms with Crippen LogP contribution in [0, 0.1) is 0 Å². The van der Waals surface area contributed by atoms with Gasteiger partial charge in [-0.3, -0.25) is 4.99 Å². The number of hydrogen-bond donors (Lipinski definition) is 2. The Hall–Kier alpha value is -1.56. The zero-order valence-corrected chi connectivity index (χ0v) is 10.7. The van der Waals surface area contributed by atoms with Crippen molar-refractivity contribution in [2.24, 2.45) is 4.99 Å². The van der Waals surface area contributed by atoms with Gasteiger partial charge in [0.05, 0.1) is 23.8 Å². The molecule has 6 heteroatoms. The number of nitrogens with one attached hydrogen (secondary N) is 1. The molecule has 3 nitrogen and oxygen atoms in total. The largest absolute Gasteiger partial charge is 0.417 e. The first-order valence-electron chi connectivity index (χ1n) is 6.64. The maximum absolute atomic E-state index is 13.0. The normalized spacial score (nSPS) is 29.6. The van der Waals surface area contributed by atoms with Crippen molar-refractivity contribution >= 4 is 5.84 Å². The molecule has 1 saturated carbocycles. The first kappa shape index (κ1) is 13.4. The SMILES string of the molecule is OC1CCC2N=C(c3ccccc3C(F)(F)F)NC2C1. The van der Waals surface area contributed by atoms with E-state index in [2.05, 4.69) is 10.3 Å². The molecule has 3 unspecified atom stereocenters. The molecule has 0 spiro atoms. The average molecular weight is 284 g/mol. The number of aliphatic imine (C=N–C) groups is 1. The third-order valence-electron chi connectivity index (χ3n) is 3.89. The van der Waals surface area contributed by atoms with Crippen LogP contribution in [0.25, 0.3) is 0 Å². The Morgan fingerprint density at radius 3 is 2.70 bits per heavy atom. The summed E-state index contributed by atoms with van der Waals surface area (Å²) in [6, 6.07) is 5.35. The molecule has 3 atom stereocenters. The topological polar surface area (TPSA) is 44.6 Å². The fourth-order valence-corrected chi connectivity index (χ4v) is 2.90. The van der Waals surface area contributed by atoms with E-state index in [9.17, 15) is 18.3 Å². The molecule has 1 aromatic rings. The lowest BCUT2D eigenvalue weighted by Crippen LogP contribution is -2.41. The number of halogens is 3. The lowest BCUT2D eigenvalue weighted by Gasteiger charge is -2.27. The molecule has 1 heterocycles. The van der Waals surface area contributed by atoms with Crippen LogP contribution in [0.1, 0.15) is 30.4 Å². The second kappa shape index (κ2) is 4.77. The summed E-state index contributed by atoms with van der Waals surface area (Å²) in [5.41, 5.74) is -0.589. The first-order chi connectivity index (χ1) is 9.45. The van der Waals surface area contributed by atoms with Crippen LogP contribution in [0.2, 0.25) is 0 Å². The van der Waals surface area contributed by atoms with Crippen LogP contribution in [0.15, 0.2) is 29.3 Å². The van der Waals surface area contributed by atoms with E-state index in [1.54, 1.807) is 6.07 Å². The first-order valence-corrected chi connectivity index (χ1v) is 6.64. The van der Waals surface area contributed by atoms with Gasteiger partial charge in [-0.05, 0) is 25.3 Å². The number of aliphatic hydroxyl groups excluding tert-OH is 1. The predicted molar refractivity (Wildman–Crippen MR) is 68.6 cm³/mol. The quantitative estimate of drug-likeness (QED) is 0.831. The molecular weight excluding hydrogens is 269 g/mol. The summed E-state index contributed by atoms with van der Waals surface area (Å²) >= 11 is 0. The number of alkyl halides is 3. The van der Waals surface area contributed by atoms with E-state index in [4.69, 9.17) is 0 Å². The van der Waals surface area contributed by atoms with Crippen LogP contribution in [0.5, 0.6) is 0 Å². The monoisotopic (exact) mass is 284 g/mol. The van der Waals surface area contributed by atoms with Crippen molar-refractivity contribution in [2.75, 3.05) is 0 Å². The molecule has 0 radical (unpaired) electrons. The van der Waals surface area contributed by atoms with Gasteiger partial charge in [0.1, 0.15) is 5.84 Å². The molecule has 0 aromatic heterocycles. The molecule has 0 amide bonds. The van der Waals surface area contributed by atoms with E-state index in [1.165, 1.54) is 12.1 Å². The maximum atomic E-state index is 13.0. The van der Waals surface area contributed by atoms with Crippen molar-refractivity contribution in [3.05, 3.63) is 35.4 Å². The van der Waals surface area contributed by atoms with Crippen LogP contribution in [-0.2, 0) is 6.18 Å². The van der Waals surface area contributed by atoms with Crippen LogP contribution >= 0.6 is 0 Å². The molecule has 2 aliphatic rings. The molecule has 1 aliphatic heterocycles. The van der Waals surface area contributed by atoms with Gasteiger partial charge in [-0.25, -0.2) is 0 Å². The van der Waals surface area contributed by atoms with Gasteiger partial charge in [-0.15, -0.1) is 0 Å². The molecule has 1 aliphatic carbocycles. The Bertz CT molecular complexity index is 541. The van der Waals surface area contributed by atoms with Crippen LogP contribution < -0.4 is 5.32 Å². The highest BCUT2D eigenvalue weighted by Gasteiger charge is 2.39. The summed E-state index contributed by atoms with van der Waals surface area (Å²) in [5.74, 6) is 0.294. The van der Waals surface area contributed by atoms with Gasteiger partial charge in [0, 0.05) is 5.56 Å². The number of hydrogen-bond acceptors (Lipinski definition) is 3. The van der Waals surface area contributed by atoms with E-state index in [0.717, 1.165) is 6.07 Å². The summed E-state index contributed by atoms with van der Waals surface area (Å²) < 4.78 is 39.0. The fourth-order valence-electron chi connectivity index (χ4n) is 2.90. The number of rotatable bonds is 1. The Kier molecular flexibility index (Phi) is 3.20. The number of fused-ring (bicyclic) bond motifs is 1. The zero-order chi connectivity index (χ0) is 14.3. The molecule has 3 rings (SSSR count). The molecule has 108 valence electrons. The Morgan fingerprint density at radius 2 is 1.95 bits per heavy atom. The second-order valence-electron chi connectivity index (χ2n) is 5.31. The Morgan fingerprint density at radius 1 is 1.20 bits per heavy atom. The van der Waals surface area contributed by atoms with Crippen molar-refractivity contribution in [3.8, 4) is 0 Å². The molecule has 1 aromatic carbocycles. The third-order valence-corrected chi connectivity index (χ3v) is 3.89. The number of benzene rings is 1. The van der Waals surface area contributed by atoms with Gasteiger partial charge >= 0.3 is 6.18 Å². The molecule has 0 saturated heterocycles. The minimum atomic E-state index is -4.39. The average Bonchev–Trinajstić information content (AvgIpc) is 2.80. The highest BCUT2D eigenvalue weighted by atomic mass is 19.4.